The molecule has 0 radical (unpaired) electrons. The number of hydrogen-bond acceptors (Lipinski definition) is 8. The number of nitrogens with one attached hydrogen (secondary N) is 2. The molecule has 0 unspecified atom stereocenters. The largest absolute Gasteiger partial charge is 0.472 e. The number of benzene rings is 1. The lowest BCUT2D eigenvalue weighted by Gasteiger charge is -2.11. The minimum atomic E-state index is -3.85. The zero-order valence-electron chi connectivity index (χ0n) is 16.3. The van der Waals surface area contributed by atoms with Gasteiger partial charge in [-0.1, -0.05) is 0 Å². The predicted molar refractivity (Wildman–Crippen MR) is 111 cm³/mol. The van der Waals surface area contributed by atoms with Crippen molar-refractivity contribution in [2.75, 3.05) is 23.3 Å². The molecule has 1 saturated heterocycles. The minimum Gasteiger partial charge on any atom is -0.472 e. The number of rotatable bonds is 7. The summed E-state index contributed by atoms with van der Waals surface area (Å²) in [5.41, 5.74) is 0.776. The number of nitrogens with zero attached hydrogens (tertiary/aromatic N) is 3. The van der Waals surface area contributed by atoms with E-state index >= 15 is 0 Å². The van der Waals surface area contributed by atoms with Crippen molar-refractivity contribution in [2.24, 2.45) is 0 Å². The number of pyridine rings is 1. The van der Waals surface area contributed by atoms with Gasteiger partial charge in [0.15, 0.2) is 0 Å². The average Bonchev–Trinajstić information content (AvgIpc) is 3.28. The van der Waals surface area contributed by atoms with Crippen LogP contribution in [0.15, 0.2) is 66.0 Å². The van der Waals surface area contributed by atoms with E-state index in [4.69, 9.17) is 9.47 Å². The molecule has 4 rings (SSSR count). The van der Waals surface area contributed by atoms with Crippen molar-refractivity contribution in [1.29, 1.82) is 0 Å². The Morgan fingerprint density at radius 2 is 1.84 bits per heavy atom. The number of carbonyl (C=O) groups excluding carboxylic acids is 1. The molecule has 1 aliphatic rings. The van der Waals surface area contributed by atoms with Crippen LogP contribution >= 0.6 is 0 Å². The van der Waals surface area contributed by atoms with Crippen LogP contribution in [0.5, 0.6) is 5.88 Å². The Kier molecular flexibility index (Phi) is 6.05. The number of hydrogen-bond donors (Lipinski definition) is 2. The summed E-state index contributed by atoms with van der Waals surface area (Å²) >= 11 is 0. The molecule has 0 aliphatic carbocycles. The Bertz CT molecular complexity index is 1130. The van der Waals surface area contributed by atoms with Crippen LogP contribution in [0.25, 0.3) is 0 Å². The fourth-order valence-corrected chi connectivity index (χ4v) is 3.77. The van der Waals surface area contributed by atoms with Crippen LogP contribution in [0.1, 0.15) is 16.8 Å². The van der Waals surface area contributed by atoms with Crippen LogP contribution in [0, 0.1) is 0 Å². The van der Waals surface area contributed by atoms with Crippen molar-refractivity contribution in [3.05, 3.63) is 66.6 Å². The molecule has 2 aromatic heterocycles. The van der Waals surface area contributed by atoms with E-state index in [9.17, 15) is 13.2 Å². The van der Waals surface area contributed by atoms with E-state index in [1.807, 2.05) is 0 Å². The Labute approximate surface area is 178 Å². The van der Waals surface area contributed by atoms with Crippen molar-refractivity contribution in [2.45, 2.75) is 17.4 Å². The summed E-state index contributed by atoms with van der Waals surface area (Å²) in [7, 11) is -3.85. The molecule has 3 heterocycles. The molecule has 1 aromatic carbocycles. The molecular weight excluding hydrogens is 422 g/mol. The van der Waals surface area contributed by atoms with Gasteiger partial charge < -0.3 is 14.8 Å². The molecule has 0 spiro atoms. The molecule has 10 nitrogen and oxygen atoms in total. The van der Waals surface area contributed by atoms with E-state index in [0.29, 0.717) is 30.3 Å². The molecule has 3 aromatic rings. The highest BCUT2D eigenvalue weighted by Crippen LogP contribution is 2.18. The standard InChI is InChI=1S/C20H19N5O5S/c26-19(14-2-7-18(23-12-14)30-16-8-11-29-13-16)24-15-3-5-17(6-4-15)31(27,28)25-20-21-9-1-10-22-20/h1-7,9-10,12,16H,8,11,13H2,(H,24,26)(H,21,22,25)/t16-/m0/s1. The lowest BCUT2D eigenvalue weighted by Crippen LogP contribution is -2.17. The van der Waals surface area contributed by atoms with Gasteiger partial charge >= 0.3 is 0 Å². The monoisotopic (exact) mass is 441 g/mol. The van der Waals surface area contributed by atoms with E-state index < -0.39 is 10.0 Å². The lowest BCUT2D eigenvalue weighted by atomic mass is 10.2. The molecular formula is C20H19N5O5S. The number of anilines is 2. The van der Waals surface area contributed by atoms with Gasteiger partial charge in [-0.25, -0.2) is 28.1 Å². The SMILES string of the molecule is O=C(Nc1ccc(S(=O)(=O)Nc2ncccn2)cc1)c1ccc(O[C@H]2CCOC2)nc1. The van der Waals surface area contributed by atoms with Gasteiger partial charge in [-0.05, 0) is 36.4 Å². The molecule has 2 N–H and O–H groups in total. The van der Waals surface area contributed by atoms with Gasteiger partial charge in [0.05, 0.1) is 23.7 Å². The molecule has 1 atom stereocenters. The lowest BCUT2D eigenvalue weighted by molar-refractivity contribution is 0.102. The fraction of sp³-hybridized carbons (Fsp3) is 0.200. The first-order valence-electron chi connectivity index (χ1n) is 9.41. The van der Waals surface area contributed by atoms with Gasteiger partial charge in [0.1, 0.15) is 6.10 Å². The maximum atomic E-state index is 12.4. The van der Waals surface area contributed by atoms with Crippen molar-refractivity contribution in [3.8, 4) is 5.88 Å². The first kappa shape index (κ1) is 20.7. The zero-order valence-corrected chi connectivity index (χ0v) is 17.1. The second-order valence-corrected chi connectivity index (χ2v) is 8.33. The van der Waals surface area contributed by atoms with Crippen LogP contribution in [-0.4, -0.2) is 48.6 Å². The van der Waals surface area contributed by atoms with Crippen molar-refractivity contribution in [1.82, 2.24) is 15.0 Å². The second-order valence-electron chi connectivity index (χ2n) is 6.64. The highest BCUT2D eigenvalue weighted by atomic mass is 32.2. The molecule has 160 valence electrons. The number of carbonyl (C=O) groups is 1. The maximum Gasteiger partial charge on any atom is 0.264 e. The summed E-state index contributed by atoms with van der Waals surface area (Å²) < 4.78 is 38.0. The Morgan fingerprint density at radius 3 is 2.48 bits per heavy atom. The molecule has 1 fully saturated rings. The third-order valence-corrected chi connectivity index (χ3v) is 5.73. The quantitative estimate of drug-likeness (QED) is 0.570. The van der Waals surface area contributed by atoms with Gasteiger partial charge in [0.2, 0.25) is 11.8 Å². The van der Waals surface area contributed by atoms with Crippen LogP contribution < -0.4 is 14.8 Å². The molecule has 1 amide bonds. The van der Waals surface area contributed by atoms with Gasteiger partial charge in [0.25, 0.3) is 15.9 Å². The van der Waals surface area contributed by atoms with Crippen LogP contribution in [0.3, 0.4) is 0 Å². The Balaban J connectivity index is 1.37. The van der Waals surface area contributed by atoms with E-state index in [1.54, 1.807) is 18.2 Å². The fourth-order valence-electron chi connectivity index (χ4n) is 2.81. The minimum absolute atomic E-state index is 0.0111. The number of aromatic nitrogens is 3. The molecule has 1 aliphatic heterocycles. The van der Waals surface area contributed by atoms with Gasteiger partial charge in [-0.15, -0.1) is 0 Å². The maximum absolute atomic E-state index is 12.4. The Hall–Kier alpha value is -3.57. The summed E-state index contributed by atoms with van der Waals surface area (Å²) in [6.07, 6.45) is 5.07. The second kappa shape index (κ2) is 9.06. The number of sulfonamides is 1. The van der Waals surface area contributed by atoms with Gasteiger partial charge in [-0.3, -0.25) is 4.79 Å². The highest BCUT2D eigenvalue weighted by Gasteiger charge is 2.18. The van der Waals surface area contributed by atoms with Crippen molar-refractivity contribution in [3.63, 3.8) is 0 Å². The average molecular weight is 441 g/mol. The van der Waals surface area contributed by atoms with E-state index in [0.717, 1.165) is 6.42 Å². The Morgan fingerprint density at radius 1 is 1.06 bits per heavy atom. The smallest absolute Gasteiger partial charge is 0.264 e. The summed E-state index contributed by atoms with van der Waals surface area (Å²) in [6.45, 7) is 1.20. The van der Waals surface area contributed by atoms with Gasteiger partial charge in [0, 0.05) is 36.8 Å². The number of ether oxygens (including phenoxy) is 2. The third-order valence-electron chi connectivity index (χ3n) is 4.39. The summed E-state index contributed by atoms with van der Waals surface area (Å²) in [5, 5.41) is 2.70. The molecule has 0 saturated carbocycles. The van der Waals surface area contributed by atoms with Crippen LogP contribution in [-0.2, 0) is 14.8 Å². The van der Waals surface area contributed by atoms with Crippen LogP contribution in [0.4, 0.5) is 11.6 Å². The zero-order chi connectivity index (χ0) is 21.7. The highest BCUT2D eigenvalue weighted by molar-refractivity contribution is 7.92. The van der Waals surface area contributed by atoms with E-state index in [-0.39, 0.29) is 22.9 Å². The van der Waals surface area contributed by atoms with Crippen LogP contribution in [0.2, 0.25) is 0 Å². The molecule has 0 bridgehead atoms. The normalized spacial score (nSPS) is 15.9. The van der Waals surface area contributed by atoms with Crippen molar-refractivity contribution < 1.29 is 22.7 Å². The predicted octanol–water partition coefficient (Wildman–Crippen LogP) is 2.09. The van der Waals surface area contributed by atoms with E-state index in [1.165, 1.54) is 42.9 Å². The summed E-state index contributed by atoms with van der Waals surface area (Å²) in [6, 6.07) is 10.5. The molecule has 11 heteroatoms. The van der Waals surface area contributed by atoms with Crippen molar-refractivity contribution >= 4 is 27.6 Å². The summed E-state index contributed by atoms with van der Waals surface area (Å²) in [4.78, 5) is 24.3. The molecule has 31 heavy (non-hydrogen) atoms. The summed E-state index contributed by atoms with van der Waals surface area (Å²) in [5.74, 6) is 0.0198. The number of amides is 1. The van der Waals surface area contributed by atoms with Gasteiger partial charge in [-0.2, -0.15) is 0 Å². The third kappa shape index (κ3) is 5.32. The van der Waals surface area contributed by atoms with E-state index in [2.05, 4.69) is 25.0 Å². The first-order chi connectivity index (χ1) is 15.0. The topological polar surface area (TPSA) is 132 Å². The first-order valence-corrected chi connectivity index (χ1v) is 10.9.